The van der Waals surface area contributed by atoms with Gasteiger partial charge in [-0.2, -0.15) is 12.6 Å². The van der Waals surface area contributed by atoms with E-state index in [0.29, 0.717) is 31.0 Å². The van der Waals surface area contributed by atoms with Gasteiger partial charge in [-0.05, 0) is 56.4 Å². The largest absolute Gasteiger partial charge is 0.453 e. The number of amides is 2. The second kappa shape index (κ2) is 15.4. The predicted octanol–water partition coefficient (Wildman–Crippen LogP) is 6.14. The van der Waals surface area contributed by atoms with Crippen molar-refractivity contribution in [2.75, 3.05) is 19.0 Å². The lowest BCUT2D eigenvalue weighted by atomic mass is 9.84. The average molecular weight is 643 g/mol. The SMILES string of the molecule is COC(=O)N[C@H](C(=O)Nc1ccccc1CC[C@@H]1CN[C@H](C)[C@@H](C(S)c2nc(C)c(C)o2)O1)C(c1ccccc1)c1ccccc1. The normalized spacial score (nSPS) is 19.3. The lowest BCUT2D eigenvalue weighted by Crippen LogP contribution is -2.52. The Kier molecular flexibility index (Phi) is 11.2. The molecule has 5 atom stereocenters. The third-order valence-corrected chi connectivity index (χ3v) is 9.04. The van der Waals surface area contributed by atoms with Crippen LogP contribution in [0.1, 0.15) is 58.5 Å². The van der Waals surface area contributed by atoms with Gasteiger partial charge in [0.1, 0.15) is 17.1 Å². The first-order chi connectivity index (χ1) is 22.2. The number of benzene rings is 3. The summed E-state index contributed by atoms with van der Waals surface area (Å²) >= 11 is 4.83. The van der Waals surface area contributed by atoms with E-state index in [-0.39, 0.29) is 29.4 Å². The molecule has 0 radical (unpaired) electrons. The third kappa shape index (κ3) is 7.99. The number of hydrogen-bond donors (Lipinski definition) is 4. The van der Waals surface area contributed by atoms with Crippen LogP contribution in [-0.4, -0.2) is 54.9 Å². The fourth-order valence-electron chi connectivity index (χ4n) is 5.88. The lowest BCUT2D eigenvalue weighted by molar-refractivity contribution is -0.118. The molecule has 1 unspecified atom stereocenters. The number of aromatic nitrogens is 1. The number of thiol groups is 1. The molecule has 242 valence electrons. The highest BCUT2D eigenvalue weighted by atomic mass is 32.1. The molecule has 1 aromatic heterocycles. The molecule has 0 bridgehead atoms. The first-order valence-corrected chi connectivity index (χ1v) is 16.1. The van der Waals surface area contributed by atoms with Crippen molar-refractivity contribution in [3.63, 3.8) is 0 Å². The number of rotatable bonds is 11. The maximum absolute atomic E-state index is 14.1. The zero-order valence-corrected chi connectivity index (χ0v) is 27.5. The Balaban J connectivity index is 1.32. The molecule has 5 rings (SSSR count). The molecule has 3 aromatic carbocycles. The van der Waals surface area contributed by atoms with Crippen molar-refractivity contribution < 1.29 is 23.5 Å². The molecule has 0 aliphatic carbocycles. The fraction of sp³-hybridized carbons (Fsp3) is 0.361. The summed E-state index contributed by atoms with van der Waals surface area (Å²) in [6.45, 7) is 6.58. The second-order valence-electron chi connectivity index (χ2n) is 11.7. The van der Waals surface area contributed by atoms with Gasteiger partial charge >= 0.3 is 6.09 Å². The summed E-state index contributed by atoms with van der Waals surface area (Å²) in [5, 5.41) is 9.16. The standard InChI is InChI=1S/C36H42N4O5S/c1-22-24(3)44-35(38-22)33(46)32-23(2)37-21-28(45-32)20-19-25-13-11-12-18-29(25)39-34(41)31(40-36(42)43-4)30(26-14-7-5-8-15-26)27-16-9-6-10-17-27/h5-18,23,28,30-33,37,46H,19-21H2,1-4H3,(H,39,41)(H,40,42)/t23-,28-,31+,32+,33?/m1/s1. The van der Waals surface area contributed by atoms with E-state index in [0.717, 1.165) is 28.1 Å². The monoisotopic (exact) mass is 642 g/mol. The van der Waals surface area contributed by atoms with Crippen molar-refractivity contribution in [1.82, 2.24) is 15.6 Å². The zero-order valence-electron chi connectivity index (χ0n) is 26.6. The van der Waals surface area contributed by atoms with Gasteiger partial charge in [-0.1, -0.05) is 78.9 Å². The van der Waals surface area contributed by atoms with Crippen LogP contribution < -0.4 is 16.0 Å². The van der Waals surface area contributed by atoms with Crippen LogP contribution in [0.2, 0.25) is 0 Å². The Morgan fingerprint density at radius 1 is 1.00 bits per heavy atom. The molecule has 1 aliphatic rings. The number of oxazole rings is 1. The quantitative estimate of drug-likeness (QED) is 0.146. The molecule has 2 amide bonds. The number of carbonyl (C=O) groups is 2. The average Bonchev–Trinajstić information content (AvgIpc) is 3.42. The highest BCUT2D eigenvalue weighted by Gasteiger charge is 2.36. The summed E-state index contributed by atoms with van der Waals surface area (Å²) in [7, 11) is 1.29. The van der Waals surface area contributed by atoms with Crippen molar-refractivity contribution >= 4 is 30.3 Å². The van der Waals surface area contributed by atoms with E-state index in [2.05, 4.69) is 27.9 Å². The number of alkyl carbamates (subject to hydrolysis) is 1. The fourth-order valence-corrected chi connectivity index (χ4v) is 6.31. The van der Waals surface area contributed by atoms with Crippen LogP contribution in [-0.2, 0) is 20.7 Å². The van der Waals surface area contributed by atoms with Gasteiger partial charge in [0.05, 0.1) is 25.0 Å². The van der Waals surface area contributed by atoms with Crippen LogP contribution in [0.4, 0.5) is 10.5 Å². The number of carbonyl (C=O) groups excluding carboxylic acids is 2. The summed E-state index contributed by atoms with van der Waals surface area (Å²) in [6.07, 6.45) is 0.384. The van der Waals surface area contributed by atoms with Crippen LogP contribution in [0.3, 0.4) is 0 Å². The molecule has 0 saturated carbocycles. The molecule has 10 heteroatoms. The van der Waals surface area contributed by atoms with Crippen molar-refractivity contribution in [2.45, 2.75) is 69.1 Å². The molecule has 1 saturated heterocycles. The third-order valence-electron chi connectivity index (χ3n) is 8.52. The number of nitrogens with zero attached hydrogens (tertiary/aromatic N) is 1. The number of aryl methyl sites for hydroxylation is 3. The molecule has 1 fully saturated rings. The van der Waals surface area contributed by atoms with Crippen molar-refractivity contribution in [3.8, 4) is 0 Å². The minimum absolute atomic E-state index is 0.0688. The Bertz CT molecular complexity index is 1540. The van der Waals surface area contributed by atoms with Gasteiger partial charge in [0.25, 0.3) is 0 Å². The summed E-state index contributed by atoms with van der Waals surface area (Å²) < 4.78 is 17.3. The van der Waals surface area contributed by atoms with Gasteiger partial charge in [-0.15, -0.1) is 0 Å². The first kappa shape index (κ1) is 33.2. The highest BCUT2D eigenvalue weighted by molar-refractivity contribution is 7.80. The maximum Gasteiger partial charge on any atom is 0.407 e. The number of ether oxygens (including phenoxy) is 2. The minimum atomic E-state index is -0.951. The van der Waals surface area contributed by atoms with Crippen LogP contribution in [0.25, 0.3) is 0 Å². The van der Waals surface area contributed by atoms with Gasteiger partial charge in [-0.3, -0.25) is 4.79 Å². The molecule has 9 nitrogen and oxygen atoms in total. The maximum atomic E-state index is 14.1. The molecular formula is C36H42N4O5S. The van der Waals surface area contributed by atoms with E-state index in [4.69, 9.17) is 26.5 Å². The minimum Gasteiger partial charge on any atom is -0.453 e. The molecule has 4 aromatic rings. The molecule has 3 N–H and O–H groups in total. The number of methoxy groups -OCH3 is 1. The molecule has 46 heavy (non-hydrogen) atoms. The Labute approximate surface area is 275 Å². The number of hydrogen-bond acceptors (Lipinski definition) is 8. The smallest absolute Gasteiger partial charge is 0.407 e. The summed E-state index contributed by atoms with van der Waals surface area (Å²) in [6, 6.07) is 26.2. The number of para-hydroxylation sites is 1. The summed E-state index contributed by atoms with van der Waals surface area (Å²) in [5.74, 6) is 0.530. The summed E-state index contributed by atoms with van der Waals surface area (Å²) in [4.78, 5) is 31.2. The Morgan fingerprint density at radius 2 is 1.63 bits per heavy atom. The van der Waals surface area contributed by atoms with Crippen molar-refractivity contribution in [2.24, 2.45) is 0 Å². The lowest BCUT2D eigenvalue weighted by Gasteiger charge is -2.38. The molecular weight excluding hydrogens is 600 g/mol. The first-order valence-electron chi connectivity index (χ1n) is 15.6. The molecule has 0 spiro atoms. The highest BCUT2D eigenvalue weighted by Crippen LogP contribution is 2.33. The van der Waals surface area contributed by atoms with E-state index >= 15 is 0 Å². The number of nitrogens with one attached hydrogen (secondary N) is 3. The second-order valence-corrected chi connectivity index (χ2v) is 12.2. The van der Waals surface area contributed by atoms with Gasteiger partial charge < -0.3 is 29.8 Å². The topological polar surface area (TPSA) is 115 Å². The molecule has 2 heterocycles. The number of morpholine rings is 1. The van der Waals surface area contributed by atoms with Gasteiger partial charge in [0.15, 0.2) is 0 Å². The van der Waals surface area contributed by atoms with Crippen LogP contribution in [0, 0.1) is 13.8 Å². The zero-order chi connectivity index (χ0) is 32.6. The van der Waals surface area contributed by atoms with Crippen LogP contribution >= 0.6 is 12.6 Å². The van der Waals surface area contributed by atoms with Gasteiger partial charge in [-0.25, -0.2) is 9.78 Å². The van der Waals surface area contributed by atoms with E-state index < -0.39 is 18.1 Å². The van der Waals surface area contributed by atoms with Gasteiger partial charge in [0.2, 0.25) is 11.8 Å². The van der Waals surface area contributed by atoms with E-state index in [1.54, 1.807) is 0 Å². The predicted molar refractivity (Wildman–Crippen MR) is 181 cm³/mol. The van der Waals surface area contributed by atoms with E-state index in [1.807, 2.05) is 98.8 Å². The van der Waals surface area contributed by atoms with Crippen molar-refractivity contribution in [1.29, 1.82) is 0 Å². The van der Waals surface area contributed by atoms with Crippen molar-refractivity contribution in [3.05, 3.63) is 119 Å². The number of anilines is 1. The summed E-state index contributed by atoms with van der Waals surface area (Å²) in [5.41, 5.74) is 4.27. The van der Waals surface area contributed by atoms with Gasteiger partial charge in [0, 0.05) is 24.2 Å². The van der Waals surface area contributed by atoms with Crippen LogP contribution in [0.15, 0.2) is 89.3 Å². The Hall–Kier alpha value is -4.12. The van der Waals surface area contributed by atoms with E-state index in [1.165, 1.54) is 7.11 Å². The van der Waals surface area contributed by atoms with Crippen LogP contribution in [0.5, 0.6) is 0 Å². The molecule has 1 aliphatic heterocycles. The van der Waals surface area contributed by atoms with E-state index in [9.17, 15) is 9.59 Å². The Morgan fingerprint density at radius 3 is 2.24 bits per heavy atom.